The highest BCUT2D eigenvalue weighted by Gasteiger charge is 2.13. The number of fused-ring (bicyclic) bond motifs is 1. The average molecular weight is 274 g/mol. The minimum absolute atomic E-state index is 0.00932. The first-order chi connectivity index (χ1) is 9.60. The second-order valence-electron chi connectivity index (χ2n) is 4.39. The molecule has 1 aromatic heterocycles. The molecule has 5 heteroatoms. The maximum Gasteiger partial charge on any atom is 0.354 e. The fourth-order valence-electron chi connectivity index (χ4n) is 2.25. The number of methoxy groups -OCH3 is 1. The van der Waals surface area contributed by atoms with E-state index in [1.807, 2.05) is 18.2 Å². The molecule has 0 aliphatic heterocycles. The summed E-state index contributed by atoms with van der Waals surface area (Å²) in [6, 6.07) is 7.22. The van der Waals surface area contributed by atoms with Crippen molar-refractivity contribution in [3.05, 3.63) is 30.0 Å². The third kappa shape index (κ3) is 2.52. The summed E-state index contributed by atoms with van der Waals surface area (Å²) >= 11 is 0. The normalized spacial score (nSPS) is 10.6. The van der Waals surface area contributed by atoms with E-state index in [9.17, 15) is 4.79 Å². The van der Waals surface area contributed by atoms with Crippen molar-refractivity contribution in [1.29, 1.82) is 0 Å². The van der Waals surface area contributed by atoms with Gasteiger partial charge >= 0.3 is 5.97 Å². The highest BCUT2D eigenvalue weighted by atomic mass is 16.5. The second kappa shape index (κ2) is 5.77. The summed E-state index contributed by atoms with van der Waals surface area (Å²) in [5.74, 6) is -0.528. The third-order valence-corrected chi connectivity index (χ3v) is 3.32. The molecule has 0 fully saturated rings. The molecule has 0 bridgehead atoms. The molecule has 2 aromatic rings. The first-order valence-corrected chi connectivity index (χ1v) is 6.57. The van der Waals surface area contributed by atoms with E-state index in [1.54, 1.807) is 0 Å². The minimum Gasteiger partial charge on any atom is -0.496 e. The van der Waals surface area contributed by atoms with Gasteiger partial charge in [0.05, 0.1) is 12.6 Å². The molecule has 1 heterocycles. The van der Waals surface area contributed by atoms with Gasteiger partial charge in [0.25, 0.3) is 0 Å². The first kappa shape index (κ1) is 14.1. The summed E-state index contributed by atoms with van der Waals surface area (Å²) < 4.78 is 5.30. The van der Waals surface area contributed by atoms with Gasteiger partial charge in [-0.3, -0.25) is 0 Å². The number of rotatable bonds is 5. The zero-order valence-electron chi connectivity index (χ0n) is 11.9. The van der Waals surface area contributed by atoms with Crippen molar-refractivity contribution in [1.82, 2.24) is 4.98 Å². The molecule has 1 aromatic carbocycles. The number of carboxylic acid groups (broad SMARTS) is 1. The van der Waals surface area contributed by atoms with Crippen molar-refractivity contribution in [3.63, 3.8) is 0 Å². The standard InChI is InChI=1S/C15H18N2O3/c1-4-17(5-2)10-6-7-12-11(8-10)14(20-3)9-13(16-12)15(18)19/h6-9H,4-5H2,1-3H3,(H,18,19). The molecular weight excluding hydrogens is 256 g/mol. The number of carboxylic acids is 1. The van der Waals surface area contributed by atoms with E-state index >= 15 is 0 Å². The van der Waals surface area contributed by atoms with Crippen LogP contribution in [0.4, 0.5) is 5.69 Å². The van der Waals surface area contributed by atoms with Gasteiger partial charge in [0.1, 0.15) is 5.75 Å². The first-order valence-electron chi connectivity index (χ1n) is 6.57. The van der Waals surface area contributed by atoms with Gasteiger partial charge in [-0.15, -0.1) is 0 Å². The molecule has 0 saturated heterocycles. The number of carbonyl (C=O) groups is 1. The Labute approximate surface area is 117 Å². The molecule has 0 aliphatic carbocycles. The van der Waals surface area contributed by atoms with Crippen LogP contribution in [0.1, 0.15) is 24.3 Å². The Balaban J connectivity index is 2.62. The van der Waals surface area contributed by atoms with E-state index in [0.29, 0.717) is 11.3 Å². The summed E-state index contributed by atoms with van der Waals surface area (Å²) in [5, 5.41) is 9.88. The summed E-state index contributed by atoms with van der Waals surface area (Å²) in [5.41, 5.74) is 1.69. The predicted octanol–water partition coefficient (Wildman–Crippen LogP) is 2.79. The number of pyridine rings is 1. The fourth-order valence-corrected chi connectivity index (χ4v) is 2.25. The molecule has 0 radical (unpaired) electrons. The van der Waals surface area contributed by atoms with Crippen molar-refractivity contribution in [2.24, 2.45) is 0 Å². The Hall–Kier alpha value is -2.30. The van der Waals surface area contributed by atoms with Crippen molar-refractivity contribution in [2.45, 2.75) is 13.8 Å². The monoisotopic (exact) mass is 274 g/mol. The van der Waals surface area contributed by atoms with E-state index in [-0.39, 0.29) is 5.69 Å². The zero-order chi connectivity index (χ0) is 14.7. The van der Waals surface area contributed by atoms with Crippen molar-refractivity contribution in [3.8, 4) is 5.75 Å². The van der Waals surface area contributed by atoms with E-state index in [4.69, 9.17) is 9.84 Å². The van der Waals surface area contributed by atoms with Gasteiger partial charge in [-0.25, -0.2) is 9.78 Å². The van der Waals surface area contributed by atoms with Crippen LogP contribution in [0.3, 0.4) is 0 Å². The molecule has 0 aliphatic rings. The lowest BCUT2D eigenvalue weighted by atomic mass is 10.1. The molecule has 106 valence electrons. The Morgan fingerprint density at radius 2 is 2.00 bits per heavy atom. The average Bonchev–Trinajstić information content (AvgIpc) is 2.47. The lowest BCUT2D eigenvalue weighted by Crippen LogP contribution is -2.21. The van der Waals surface area contributed by atoms with Crippen molar-refractivity contribution in [2.75, 3.05) is 25.1 Å². The Kier molecular flexibility index (Phi) is 4.08. The molecule has 2 rings (SSSR count). The Bertz CT molecular complexity index is 636. The van der Waals surface area contributed by atoms with Crippen LogP contribution < -0.4 is 9.64 Å². The minimum atomic E-state index is -1.06. The predicted molar refractivity (Wildman–Crippen MR) is 78.8 cm³/mol. The molecule has 0 unspecified atom stereocenters. The van der Waals surface area contributed by atoms with Crippen LogP contribution in [-0.4, -0.2) is 36.3 Å². The van der Waals surface area contributed by atoms with Crippen LogP contribution in [0.15, 0.2) is 24.3 Å². The van der Waals surface area contributed by atoms with Gasteiger partial charge in [-0.2, -0.15) is 0 Å². The van der Waals surface area contributed by atoms with Crippen LogP contribution in [0.5, 0.6) is 5.75 Å². The third-order valence-electron chi connectivity index (χ3n) is 3.32. The largest absolute Gasteiger partial charge is 0.496 e. The second-order valence-corrected chi connectivity index (χ2v) is 4.39. The molecular formula is C15H18N2O3. The summed E-state index contributed by atoms with van der Waals surface area (Å²) in [7, 11) is 1.53. The van der Waals surface area contributed by atoms with E-state index in [0.717, 1.165) is 24.2 Å². The van der Waals surface area contributed by atoms with Crippen molar-refractivity contribution < 1.29 is 14.6 Å². The van der Waals surface area contributed by atoms with Crippen LogP contribution in [-0.2, 0) is 0 Å². The summed E-state index contributed by atoms with van der Waals surface area (Å²) in [4.78, 5) is 17.4. The number of anilines is 1. The highest BCUT2D eigenvalue weighted by molar-refractivity contribution is 5.94. The maximum absolute atomic E-state index is 11.1. The lowest BCUT2D eigenvalue weighted by Gasteiger charge is -2.21. The SMILES string of the molecule is CCN(CC)c1ccc2nc(C(=O)O)cc(OC)c2c1. The molecule has 0 atom stereocenters. The van der Waals surface area contributed by atoms with Gasteiger partial charge in [0.2, 0.25) is 0 Å². The van der Waals surface area contributed by atoms with Crippen LogP contribution in [0.2, 0.25) is 0 Å². The van der Waals surface area contributed by atoms with Crippen molar-refractivity contribution >= 4 is 22.6 Å². The maximum atomic E-state index is 11.1. The number of hydrogen-bond acceptors (Lipinski definition) is 4. The molecule has 5 nitrogen and oxygen atoms in total. The number of aromatic carboxylic acids is 1. The summed E-state index contributed by atoms with van der Waals surface area (Å²) in [6.07, 6.45) is 0. The Morgan fingerprint density at radius 3 is 2.55 bits per heavy atom. The number of ether oxygens (including phenoxy) is 1. The highest BCUT2D eigenvalue weighted by Crippen LogP contribution is 2.29. The molecule has 0 saturated carbocycles. The van der Waals surface area contributed by atoms with Crippen LogP contribution >= 0.6 is 0 Å². The Morgan fingerprint density at radius 1 is 1.30 bits per heavy atom. The lowest BCUT2D eigenvalue weighted by molar-refractivity contribution is 0.0690. The topological polar surface area (TPSA) is 62.7 Å². The van der Waals surface area contributed by atoms with E-state index in [2.05, 4.69) is 23.7 Å². The van der Waals surface area contributed by atoms with Crippen LogP contribution in [0, 0.1) is 0 Å². The molecule has 0 spiro atoms. The number of aromatic nitrogens is 1. The molecule has 1 N–H and O–H groups in total. The summed E-state index contributed by atoms with van der Waals surface area (Å²) in [6.45, 7) is 6.00. The number of hydrogen-bond donors (Lipinski definition) is 1. The van der Waals surface area contributed by atoms with E-state index < -0.39 is 5.97 Å². The van der Waals surface area contributed by atoms with Gasteiger partial charge in [-0.1, -0.05) is 0 Å². The zero-order valence-corrected chi connectivity index (χ0v) is 11.9. The van der Waals surface area contributed by atoms with Gasteiger partial charge in [0.15, 0.2) is 5.69 Å². The number of benzene rings is 1. The van der Waals surface area contributed by atoms with Gasteiger partial charge in [0, 0.05) is 30.2 Å². The van der Waals surface area contributed by atoms with Gasteiger partial charge in [-0.05, 0) is 32.0 Å². The fraction of sp³-hybridized carbons (Fsp3) is 0.333. The van der Waals surface area contributed by atoms with Gasteiger partial charge < -0.3 is 14.7 Å². The van der Waals surface area contributed by atoms with Crippen LogP contribution in [0.25, 0.3) is 10.9 Å². The smallest absolute Gasteiger partial charge is 0.354 e. The molecule has 20 heavy (non-hydrogen) atoms. The number of nitrogens with zero attached hydrogens (tertiary/aromatic N) is 2. The quantitative estimate of drug-likeness (QED) is 0.908. The molecule has 0 amide bonds. The van der Waals surface area contributed by atoms with E-state index in [1.165, 1.54) is 13.2 Å².